The number of halogens is 1. The highest BCUT2D eigenvalue weighted by Gasteiger charge is 2.27. The van der Waals surface area contributed by atoms with Crippen LogP contribution >= 0.6 is 15.9 Å². The number of anilines is 1. The van der Waals surface area contributed by atoms with Crippen LogP contribution in [0.4, 0.5) is 5.82 Å². The van der Waals surface area contributed by atoms with Crippen LogP contribution in [0.5, 0.6) is 0 Å². The van der Waals surface area contributed by atoms with E-state index in [0.29, 0.717) is 0 Å². The zero-order valence-electron chi connectivity index (χ0n) is 9.46. The number of hydrogen-bond donors (Lipinski definition) is 2. The minimum absolute atomic E-state index is 0.203. The fourth-order valence-electron chi connectivity index (χ4n) is 1.86. The topological polar surface area (TPSA) is 46.2 Å². The van der Waals surface area contributed by atoms with Crippen LogP contribution in [-0.4, -0.2) is 37.3 Å². The van der Waals surface area contributed by atoms with Crippen LogP contribution < -0.4 is 10.6 Å². The molecule has 1 aromatic heterocycles. The van der Waals surface area contributed by atoms with Crippen molar-refractivity contribution in [1.29, 1.82) is 0 Å². The van der Waals surface area contributed by atoms with Crippen molar-refractivity contribution < 1.29 is 4.74 Å². The van der Waals surface area contributed by atoms with Gasteiger partial charge in [-0.1, -0.05) is 0 Å². The molecule has 0 spiro atoms. The third-order valence-corrected chi connectivity index (χ3v) is 3.87. The largest absolute Gasteiger partial charge is 0.378 e. The predicted octanol–water partition coefficient (Wildman–Crippen LogP) is 1.55. The lowest BCUT2D eigenvalue weighted by molar-refractivity contribution is 0.111. The molecule has 88 valence electrons. The summed E-state index contributed by atoms with van der Waals surface area (Å²) in [6.07, 6.45) is 2.02. The van der Waals surface area contributed by atoms with E-state index in [4.69, 9.17) is 4.74 Å². The molecule has 2 rings (SSSR count). The summed E-state index contributed by atoms with van der Waals surface area (Å²) in [4.78, 5) is 4.33. The molecule has 1 saturated heterocycles. The van der Waals surface area contributed by atoms with E-state index in [-0.39, 0.29) is 12.1 Å². The van der Waals surface area contributed by atoms with Gasteiger partial charge in [-0.25, -0.2) is 4.98 Å². The second-order valence-corrected chi connectivity index (χ2v) is 4.77. The van der Waals surface area contributed by atoms with Crippen molar-refractivity contribution in [2.24, 2.45) is 0 Å². The first-order chi connectivity index (χ1) is 7.72. The number of rotatable bonds is 3. The van der Waals surface area contributed by atoms with Crippen molar-refractivity contribution in [3.63, 3.8) is 0 Å². The van der Waals surface area contributed by atoms with Crippen LogP contribution in [0.1, 0.15) is 5.56 Å². The number of nitrogens with zero attached hydrogens (tertiary/aromatic N) is 1. The summed E-state index contributed by atoms with van der Waals surface area (Å²) in [5, 5.41) is 6.70. The van der Waals surface area contributed by atoms with Crippen molar-refractivity contribution in [3.8, 4) is 0 Å². The monoisotopic (exact) mass is 285 g/mol. The van der Waals surface area contributed by atoms with Crippen LogP contribution in [0, 0.1) is 6.92 Å². The molecule has 0 saturated carbocycles. The molecule has 0 radical (unpaired) electrons. The molecule has 1 unspecified atom stereocenters. The highest BCUT2D eigenvalue weighted by Crippen LogP contribution is 2.24. The van der Waals surface area contributed by atoms with Gasteiger partial charge in [0.15, 0.2) is 0 Å². The zero-order chi connectivity index (χ0) is 11.5. The van der Waals surface area contributed by atoms with Gasteiger partial charge in [0.1, 0.15) is 5.82 Å². The normalized spacial score (nSPS) is 24.7. The van der Waals surface area contributed by atoms with Crippen molar-refractivity contribution in [2.45, 2.75) is 19.1 Å². The van der Waals surface area contributed by atoms with E-state index < -0.39 is 0 Å². The smallest absolute Gasteiger partial charge is 0.140 e. The van der Waals surface area contributed by atoms with Crippen molar-refractivity contribution in [3.05, 3.63) is 22.3 Å². The Morgan fingerprint density at radius 2 is 2.38 bits per heavy atom. The molecule has 16 heavy (non-hydrogen) atoms. The zero-order valence-corrected chi connectivity index (χ0v) is 11.0. The average molecular weight is 286 g/mol. The number of nitrogens with one attached hydrogen (secondary N) is 2. The fourth-order valence-corrected chi connectivity index (χ4v) is 2.21. The maximum atomic E-state index is 5.40. The molecule has 0 aromatic carbocycles. The van der Waals surface area contributed by atoms with Crippen LogP contribution in [0.2, 0.25) is 0 Å². The summed E-state index contributed by atoms with van der Waals surface area (Å²) in [5.74, 6) is 0.885. The summed E-state index contributed by atoms with van der Waals surface area (Å²) in [6, 6.07) is 2.26. The number of methoxy groups -OCH3 is 1. The first kappa shape index (κ1) is 11.8. The number of aryl methyl sites for hydroxylation is 1. The molecule has 0 amide bonds. The molecule has 1 fully saturated rings. The molecule has 1 aromatic rings. The maximum absolute atomic E-state index is 5.40. The molecule has 0 aliphatic carbocycles. The minimum atomic E-state index is 0.203. The molecule has 0 bridgehead atoms. The van der Waals surface area contributed by atoms with E-state index in [1.165, 1.54) is 5.56 Å². The van der Waals surface area contributed by atoms with Gasteiger partial charge in [0.2, 0.25) is 0 Å². The van der Waals surface area contributed by atoms with E-state index in [2.05, 4.69) is 38.5 Å². The molecule has 2 atom stereocenters. The van der Waals surface area contributed by atoms with E-state index in [0.717, 1.165) is 23.4 Å². The van der Waals surface area contributed by atoms with Crippen molar-refractivity contribution >= 4 is 21.7 Å². The number of hydrogen-bond acceptors (Lipinski definition) is 4. The van der Waals surface area contributed by atoms with Crippen LogP contribution in [0.3, 0.4) is 0 Å². The molecule has 2 heterocycles. The SMILES string of the molecule is CO[C@H]1CNCC1Nc1nccc(C)c1Br. The van der Waals surface area contributed by atoms with Gasteiger partial charge in [-0.3, -0.25) is 0 Å². The molecule has 1 aliphatic rings. The molecule has 2 N–H and O–H groups in total. The Bertz CT molecular complexity index is 372. The van der Waals surface area contributed by atoms with Gasteiger partial charge >= 0.3 is 0 Å². The highest BCUT2D eigenvalue weighted by molar-refractivity contribution is 9.10. The Morgan fingerprint density at radius 3 is 3.12 bits per heavy atom. The third kappa shape index (κ3) is 2.36. The lowest BCUT2D eigenvalue weighted by Crippen LogP contribution is -2.34. The van der Waals surface area contributed by atoms with Gasteiger partial charge in [-0.15, -0.1) is 0 Å². The summed E-state index contributed by atoms with van der Waals surface area (Å²) in [5.41, 5.74) is 1.18. The molecular weight excluding hydrogens is 270 g/mol. The predicted molar refractivity (Wildman–Crippen MR) is 67.8 cm³/mol. The van der Waals surface area contributed by atoms with Gasteiger partial charge in [0.05, 0.1) is 16.6 Å². The summed E-state index contributed by atoms with van der Waals surface area (Å²) in [6.45, 7) is 3.84. The number of ether oxygens (including phenoxy) is 1. The quantitative estimate of drug-likeness (QED) is 0.885. The first-order valence-corrected chi connectivity index (χ1v) is 6.13. The van der Waals surface area contributed by atoms with Gasteiger partial charge in [0.25, 0.3) is 0 Å². The highest BCUT2D eigenvalue weighted by atomic mass is 79.9. The maximum Gasteiger partial charge on any atom is 0.140 e. The van der Waals surface area contributed by atoms with Gasteiger partial charge < -0.3 is 15.4 Å². The third-order valence-electron chi connectivity index (χ3n) is 2.87. The van der Waals surface area contributed by atoms with Crippen molar-refractivity contribution in [1.82, 2.24) is 10.3 Å². The molecule has 5 heteroatoms. The Hall–Kier alpha value is -0.650. The minimum Gasteiger partial charge on any atom is -0.378 e. The van der Waals surface area contributed by atoms with E-state index in [9.17, 15) is 0 Å². The van der Waals surface area contributed by atoms with E-state index in [1.807, 2.05) is 12.3 Å². The van der Waals surface area contributed by atoms with Gasteiger partial charge in [0, 0.05) is 26.4 Å². The van der Waals surface area contributed by atoms with E-state index in [1.54, 1.807) is 7.11 Å². The second-order valence-electron chi connectivity index (χ2n) is 3.97. The summed E-state index contributed by atoms with van der Waals surface area (Å²) >= 11 is 3.54. The lowest BCUT2D eigenvalue weighted by Gasteiger charge is -2.20. The van der Waals surface area contributed by atoms with Gasteiger partial charge in [-0.05, 0) is 34.5 Å². The van der Waals surface area contributed by atoms with Gasteiger partial charge in [-0.2, -0.15) is 0 Å². The lowest BCUT2D eigenvalue weighted by atomic mass is 10.2. The summed E-state index contributed by atoms with van der Waals surface area (Å²) in [7, 11) is 1.74. The molecule has 1 aliphatic heterocycles. The number of pyridine rings is 1. The Kier molecular flexibility index (Phi) is 3.78. The number of aromatic nitrogens is 1. The average Bonchev–Trinajstić information content (AvgIpc) is 2.72. The Labute approximate surface area is 104 Å². The molecular formula is C11H16BrN3O. The van der Waals surface area contributed by atoms with E-state index >= 15 is 0 Å². The summed E-state index contributed by atoms with van der Waals surface area (Å²) < 4.78 is 6.42. The Morgan fingerprint density at radius 1 is 1.56 bits per heavy atom. The van der Waals surface area contributed by atoms with Crippen LogP contribution in [0.25, 0.3) is 0 Å². The molecule has 4 nitrogen and oxygen atoms in total. The fraction of sp³-hybridized carbons (Fsp3) is 0.545. The van der Waals surface area contributed by atoms with Crippen LogP contribution in [-0.2, 0) is 4.74 Å². The first-order valence-electron chi connectivity index (χ1n) is 5.33. The van der Waals surface area contributed by atoms with Crippen molar-refractivity contribution in [2.75, 3.05) is 25.5 Å². The Balaban J connectivity index is 2.11. The van der Waals surface area contributed by atoms with Crippen LogP contribution in [0.15, 0.2) is 16.7 Å². The standard InChI is InChI=1S/C11H16BrN3O/c1-7-3-4-14-11(10(7)12)15-8-5-13-6-9(8)16-2/h3-4,8-9,13H,5-6H2,1-2H3,(H,14,15)/t8?,9-/m0/s1. The second kappa shape index (κ2) is 5.12.